The molecule has 3 nitrogen and oxygen atoms in total. The van der Waals surface area contributed by atoms with Gasteiger partial charge in [0.1, 0.15) is 24.0 Å². The summed E-state index contributed by atoms with van der Waals surface area (Å²) in [6.07, 6.45) is -0.283. The third-order valence-corrected chi connectivity index (χ3v) is 6.13. The number of nitrogens with zero attached hydrogens (tertiary/aromatic N) is 2. The van der Waals surface area contributed by atoms with E-state index in [9.17, 15) is 5.26 Å². The fourth-order valence-corrected chi connectivity index (χ4v) is 4.59. The highest BCUT2D eigenvalue weighted by Gasteiger charge is 2.25. The summed E-state index contributed by atoms with van der Waals surface area (Å²) in [5, 5.41) is 11.4. The quantitative estimate of drug-likeness (QED) is 0.270. The first-order valence-corrected chi connectivity index (χ1v) is 11.3. The first-order valence-electron chi connectivity index (χ1n) is 12.3. The molecule has 5 aromatic rings. The maximum absolute atomic E-state index is 15.4. The number of hydrogen-bond donors (Lipinski definition) is 0. The monoisotopic (exact) mass is 451 g/mol. The van der Waals surface area contributed by atoms with E-state index in [2.05, 4.69) is 6.07 Å². The molecule has 0 N–H and O–H groups in total. The van der Waals surface area contributed by atoms with Gasteiger partial charge in [-0.25, -0.2) is 8.96 Å². The van der Waals surface area contributed by atoms with E-state index < -0.39 is 12.2 Å². The van der Waals surface area contributed by atoms with Crippen molar-refractivity contribution >= 4 is 21.9 Å². The van der Waals surface area contributed by atoms with E-state index in [1.54, 1.807) is 25.5 Å². The lowest BCUT2D eigenvalue weighted by Gasteiger charge is -2.09. The molecule has 2 heterocycles. The molecule has 0 spiro atoms. The summed E-state index contributed by atoms with van der Waals surface area (Å²) in [6.45, 7) is 5.41. The number of rotatable bonds is 4. The molecule has 2 aromatic heterocycles. The van der Waals surface area contributed by atoms with E-state index in [1.165, 1.54) is 12.3 Å². The van der Waals surface area contributed by atoms with Crippen LogP contribution in [0.1, 0.15) is 33.3 Å². The Morgan fingerprint density at radius 1 is 1.09 bits per heavy atom. The number of benzene rings is 3. The first-order chi connectivity index (χ1) is 17.1. The number of halogens is 1. The fraction of sp³-hybridized carbons (Fsp3) is 0.200. The number of pyridine rings is 1. The van der Waals surface area contributed by atoms with Crippen molar-refractivity contribution < 1.29 is 16.1 Å². The standard InChI is InChI=1S/C30H26FN2O/c1-18(2)14-22-17-33(4)26(15-25(22)31)27-19(3)10-12-24-28-21(16-32)11-13-23(29(28)34-30(24)27)20-8-6-5-7-9-20/h5-13,15,17-18H,14H2,1-4H3/q+1/i14D2. The van der Waals surface area contributed by atoms with Crippen LogP contribution in [0, 0.1) is 30.0 Å². The van der Waals surface area contributed by atoms with Crippen LogP contribution in [0.2, 0.25) is 0 Å². The zero-order chi connectivity index (χ0) is 25.8. The van der Waals surface area contributed by atoms with Gasteiger partial charge in [-0.3, -0.25) is 0 Å². The zero-order valence-corrected chi connectivity index (χ0v) is 19.6. The molecule has 0 fully saturated rings. The molecular weight excluding hydrogens is 423 g/mol. The summed E-state index contributed by atoms with van der Waals surface area (Å²) >= 11 is 0. The van der Waals surface area contributed by atoms with E-state index in [4.69, 9.17) is 7.16 Å². The van der Waals surface area contributed by atoms with Crippen LogP contribution in [0.5, 0.6) is 0 Å². The Bertz CT molecular complexity index is 1680. The minimum atomic E-state index is -1.81. The summed E-state index contributed by atoms with van der Waals surface area (Å²) in [5.74, 6) is -0.990. The highest BCUT2D eigenvalue weighted by atomic mass is 19.1. The summed E-state index contributed by atoms with van der Waals surface area (Å²) in [6, 6.07) is 21.1. The van der Waals surface area contributed by atoms with Crippen molar-refractivity contribution in [1.29, 1.82) is 5.26 Å². The third-order valence-electron chi connectivity index (χ3n) is 6.13. The lowest BCUT2D eigenvalue weighted by Crippen LogP contribution is -2.32. The van der Waals surface area contributed by atoms with Gasteiger partial charge in [0.2, 0.25) is 5.69 Å². The van der Waals surface area contributed by atoms with Crippen molar-refractivity contribution in [2.75, 3.05) is 0 Å². The number of aromatic nitrogens is 1. The number of nitriles is 1. The lowest BCUT2D eigenvalue weighted by atomic mass is 9.96. The van der Waals surface area contributed by atoms with Gasteiger partial charge in [-0.05, 0) is 42.5 Å². The van der Waals surface area contributed by atoms with Gasteiger partial charge in [0.05, 0.1) is 22.8 Å². The summed E-state index contributed by atoms with van der Waals surface area (Å²) in [4.78, 5) is 0. The molecule has 168 valence electrons. The third kappa shape index (κ3) is 3.54. The molecule has 0 amide bonds. The largest absolute Gasteiger partial charge is 0.454 e. The van der Waals surface area contributed by atoms with E-state index in [-0.39, 0.29) is 11.5 Å². The topological polar surface area (TPSA) is 40.8 Å². The Balaban J connectivity index is 1.84. The summed E-state index contributed by atoms with van der Waals surface area (Å²) in [7, 11) is 1.78. The predicted octanol–water partition coefficient (Wildman–Crippen LogP) is 7.26. The zero-order valence-electron chi connectivity index (χ0n) is 21.6. The smallest absolute Gasteiger partial charge is 0.219 e. The molecule has 0 aliphatic rings. The molecule has 0 saturated carbocycles. The number of hydrogen-bond acceptors (Lipinski definition) is 2. The van der Waals surface area contributed by atoms with Crippen molar-refractivity contribution in [3.8, 4) is 28.5 Å². The molecule has 0 aliphatic heterocycles. The summed E-state index contributed by atoms with van der Waals surface area (Å²) in [5.41, 5.74) is 5.73. The van der Waals surface area contributed by atoms with Crippen LogP contribution in [0.25, 0.3) is 44.3 Å². The highest BCUT2D eigenvalue weighted by Crippen LogP contribution is 2.42. The molecule has 0 radical (unpaired) electrons. The van der Waals surface area contributed by atoms with Gasteiger partial charge in [-0.2, -0.15) is 5.26 Å². The second-order valence-electron chi connectivity index (χ2n) is 8.91. The lowest BCUT2D eigenvalue weighted by molar-refractivity contribution is -0.661. The first kappa shape index (κ1) is 19.5. The number of aryl methyl sites for hydroxylation is 2. The molecule has 0 unspecified atom stereocenters. The molecule has 0 bridgehead atoms. The van der Waals surface area contributed by atoms with Crippen LogP contribution in [0.3, 0.4) is 0 Å². The number of furan rings is 1. The maximum Gasteiger partial charge on any atom is 0.219 e. The van der Waals surface area contributed by atoms with Gasteiger partial charge < -0.3 is 4.42 Å². The van der Waals surface area contributed by atoms with E-state index >= 15 is 4.39 Å². The van der Waals surface area contributed by atoms with Crippen molar-refractivity contribution in [2.45, 2.75) is 27.1 Å². The molecular formula is C30H26FN2O+. The predicted molar refractivity (Wildman–Crippen MR) is 134 cm³/mol. The average molecular weight is 452 g/mol. The van der Waals surface area contributed by atoms with Crippen molar-refractivity contribution in [1.82, 2.24) is 0 Å². The highest BCUT2D eigenvalue weighted by molar-refractivity contribution is 6.15. The normalized spacial score (nSPS) is 12.7. The molecule has 34 heavy (non-hydrogen) atoms. The van der Waals surface area contributed by atoms with Crippen LogP contribution in [-0.4, -0.2) is 0 Å². The Morgan fingerprint density at radius 3 is 2.56 bits per heavy atom. The van der Waals surface area contributed by atoms with Crippen molar-refractivity contribution in [2.24, 2.45) is 13.0 Å². The van der Waals surface area contributed by atoms with E-state index in [0.717, 1.165) is 27.5 Å². The van der Waals surface area contributed by atoms with Crippen LogP contribution >= 0.6 is 0 Å². The fourth-order valence-electron chi connectivity index (χ4n) is 4.59. The molecule has 0 atom stereocenters. The Hall–Kier alpha value is -3.97. The minimum absolute atomic E-state index is 0.0244. The molecule has 0 saturated heterocycles. The second kappa shape index (κ2) is 8.43. The van der Waals surface area contributed by atoms with Gasteiger partial charge in [0.25, 0.3) is 0 Å². The number of fused-ring (bicyclic) bond motifs is 3. The van der Waals surface area contributed by atoms with Gasteiger partial charge in [-0.15, -0.1) is 0 Å². The van der Waals surface area contributed by atoms with Gasteiger partial charge >= 0.3 is 0 Å². The molecule has 4 heteroatoms. The summed E-state index contributed by atoms with van der Waals surface area (Å²) < 4.78 is 40.4. The van der Waals surface area contributed by atoms with Crippen LogP contribution in [0.4, 0.5) is 4.39 Å². The van der Waals surface area contributed by atoms with Gasteiger partial charge in [0.15, 0.2) is 6.20 Å². The molecule has 3 aromatic carbocycles. The van der Waals surface area contributed by atoms with Crippen LogP contribution in [-0.2, 0) is 13.4 Å². The van der Waals surface area contributed by atoms with E-state index in [0.29, 0.717) is 28.0 Å². The minimum Gasteiger partial charge on any atom is -0.454 e. The van der Waals surface area contributed by atoms with Crippen molar-refractivity contribution in [3.63, 3.8) is 0 Å². The maximum atomic E-state index is 15.4. The Kier molecular flexibility index (Phi) is 4.83. The molecule has 0 aliphatic carbocycles. The van der Waals surface area contributed by atoms with Crippen molar-refractivity contribution in [3.05, 3.63) is 89.4 Å². The van der Waals surface area contributed by atoms with E-state index in [1.807, 2.05) is 61.5 Å². The van der Waals surface area contributed by atoms with Crippen LogP contribution < -0.4 is 4.57 Å². The van der Waals surface area contributed by atoms with Gasteiger partial charge in [0, 0.05) is 25.1 Å². The average Bonchev–Trinajstić information content (AvgIpc) is 3.24. The van der Waals surface area contributed by atoms with Gasteiger partial charge in [-0.1, -0.05) is 56.3 Å². The Labute approximate surface area is 201 Å². The molecule has 5 rings (SSSR count). The van der Waals surface area contributed by atoms with Crippen LogP contribution in [0.15, 0.2) is 71.3 Å². The second-order valence-corrected chi connectivity index (χ2v) is 8.91. The SMILES string of the molecule is [2H]C([2H])(c1c[n+](C)c(-c2c(C)ccc3c2oc2c(-c4ccccc4)ccc(C#N)c23)cc1F)C(C)C. The Morgan fingerprint density at radius 2 is 1.85 bits per heavy atom.